The number of hydrogen-bond acceptors (Lipinski definition) is 6. The van der Waals surface area contributed by atoms with Gasteiger partial charge >= 0.3 is 6.09 Å². The van der Waals surface area contributed by atoms with Crippen molar-refractivity contribution >= 4 is 11.8 Å². The van der Waals surface area contributed by atoms with Crippen LogP contribution >= 0.6 is 0 Å². The number of hydrogen-bond donors (Lipinski definition) is 0. The molecule has 0 N–H and O–H groups in total. The third-order valence-electron chi connectivity index (χ3n) is 4.38. The van der Waals surface area contributed by atoms with Crippen LogP contribution in [0.4, 0.5) is 23.7 Å². The number of amides is 1. The standard InChI is InChI=1S/C17H13F3N6O2/c1-2-10-7-25(17(27)28-10)12-5-11(18)14(16(20)15(12)19)9-3-4-13(21-6-9)26-8-22-23-24-26/h3-6,8,10H,2,7H2,1H3/t10-/m0/s1. The fraction of sp³-hybridized carbons (Fsp3) is 0.235. The lowest BCUT2D eigenvalue weighted by molar-refractivity contribution is 0.139. The Morgan fingerprint density at radius 2 is 2.07 bits per heavy atom. The summed E-state index contributed by atoms with van der Waals surface area (Å²) in [7, 11) is 0. The molecule has 144 valence electrons. The van der Waals surface area contributed by atoms with Crippen LogP contribution in [-0.2, 0) is 4.74 Å². The Balaban J connectivity index is 1.71. The van der Waals surface area contributed by atoms with Crippen LogP contribution in [0.25, 0.3) is 16.9 Å². The Morgan fingerprint density at radius 3 is 2.68 bits per heavy atom. The molecule has 1 amide bonds. The summed E-state index contributed by atoms with van der Waals surface area (Å²) in [5.41, 5.74) is -1.07. The molecule has 0 aliphatic carbocycles. The van der Waals surface area contributed by atoms with E-state index in [4.69, 9.17) is 4.74 Å². The Morgan fingerprint density at radius 1 is 1.25 bits per heavy atom. The molecule has 28 heavy (non-hydrogen) atoms. The fourth-order valence-corrected chi connectivity index (χ4v) is 2.91. The van der Waals surface area contributed by atoms with Gasteiger partial charge in [0, 0.05) is 17.8 Å². The van der Waals surface area contributed by atoms with Crippen LogP contribution in [0.3, 0.4) is 0 Å². The van der Waals surface area contributed by atoms with Crippen LogP contribution < -0.4 is 4.90 Å². The van der Waals surface area contributed by atoms with Crippen molar-refractivity contribution in [2.24, 2.45) is 0 Å². The first-order valence-electron chi connectivity index (χ1n) is 8.35. The number of benzene rings is 1. The molecule has 11 heteroatoms. The molecule has 1 aliphatic rings. The predicted molar refractivity (Wildman–Crippen MR) is 90.2 cm³/mol. The Hall–Kier alpha value is -3.50. The minimum absolute atomic E-state index is 0.0205. The minimum Gasteiger partial charge on any atom is -0.444 e. The zero-order valence-electron chi connectivity index (χ0n) is 14.5. The molecule has 1 atom stereocenters. The highest BCUT2D eigenvalue weighted by molar-refractivity contribution is 5.90. The van der Waals surface area contributed by atoms with E-state index in [0.717, 1.165) is 11.0 Å². The summed E-state index contributed by atoms with van der Waals surface area (Å²) >= 11 is 0. The van der Waals surface area contributed by atoms with Gasteiger partial charge in [0.15, 0.2) is 17.5 Å². The van der Waals surface area contributed by atoms with Gasteiger partial charge in [-0.05, 0) is 29.0 Å². The summed E-state index contributed by atoms with van der Waals surface area (Å²) < 4.78 is 50.3. The Bertz CT molecular complexity index is 1030. The second-order valence-corrected chi connectivity index (χ2v) is 6.06. The summed E-state index contributed by atoms with van der Waals surface area (Å²) in [6, 6.07) is 3.57. The van der Waals surface area contributed by atoms with Gasteiger partial charge in [-0.2, -0.15) is 4.68 Å². The van der Waals surface area contributed by atoms with Crippen LogP contribution in [0.15, 0.2) is 30.7 Å². The molecule has 0 bridgehead atoms. The molecule has 3 aromatic rings. The smallest absolute Gasteiger partial charge is 0.414 e. The molecule has 3 heterocycles. The monoisotopic (exact) mass is 390 g/mol. The number of halogens is 3. The normalized spacial score (nSPS) is 16.5. The zero-order valence-corrected chi connectivity index (χ0v) is 14.5. The molecule has 0 spiro atoms. The average Bonchev–Trinajstić information content (AvgIpc) is 3.35. The van der Waals surface area contributed by atoms with E-state index in [1.807, 2.05) is 0 Å². The van der Waals surface area contributed by atoms with Crippen molar-refractivity contribution in [3.8, 4) is 16.9 Å². The van der Waals surface area contributed by atoms with Crippen LogP contribution in [0.1, 0.15) is 13.3 Å². The lowest BCUT2D eigenvalue weighted by Gasteiger charge is -2.16. The van der Waals surface area contributed by atoms with Gasteiger partial charge in [0.05, 0.1) is 17.8 Å². The van der Waals surface area contributed by atoms with Crippen molar-refractivity contribution in [1.29, 1.82) is 0 Å². The van der Waals surface area contributed by atoms with E-state index >= 15 is 0 Å². The topological polar surface area (TPSA) is 86.0 Å². The number of aromatic nitrogens is 5. The van der Waals surface area contributed by atoms with Gasteiger partial charge in [-0.15, -0.1) is 5.10 Å². The second-order valence-electron chi connectivity index (χ2n) is 6.06. The maximum absolute atomic E-state index is 14.7. The summed E-state index contributed by atoms with van der Waals surface area (Å²) in [5, 5.41) is 10.6. The summed E-state index contributed by atoms with van der Waals surface area (Å²) in [4.78, 5) is 16.8. The van der Waals surface area contributed by atoms with Gasteiger partial charge < -0.3 is 4.74 Å². The largest absolute Gasteiger partial charge is 0.444 e. The molecule has 8 nitrogen and oxygen atoms in total. The third kappa shape index (κ3) is 2.94. The molecular formula is C17H13F3N6O2. The van der Waals surface area contributed by atoms with Crippen LogP contribution in [0.2, 0.25) is 0 Å². The van der Waals surface area contributed by atoms with Crippen molar-refractivity contribution < 1.29 is 22.7 Å². The molecule has 1 fully saturated rings. The van der Waals surface area contributed by atoms with Crippen LogP contribution in [0.5, 0.6) is 0 Å². The zero-order chi connectivity index (χ0) is 19.8. The number of nitrogens with zero attached hydrogens (tertiary/aromatic N) is 6. The second kappa shape index (κ2) is 6.91. The number of rotatable bonds is 4. The fourth-order valence-electron chi connectivity index (χ4n) is 2.91. The highest BCUT2D eigenvalue weighted by atomic mass is 19.2. The van der Waals surface area contributed by atoms with Crippen molar-refractivity contribution in [3.63, 3.8) is 0 Å². The van der Waals surface area contributed by atoms with Gasteiger partial charge in [-0.25, -0.2) is 22.9 Å². The Kier molecular flexibility index (Phi) is 4.41. The molecule has 2 aromatic heterocycles. The number of carbonyl (C=O) groups is 1. The average molecular weight is 390 g/mol. The Labute approximate surface area is 156 Å². The first kappa shape index (κ1) is 17.9. The molecule has 1 aliphatic heterocycles. The van der Waals surface area contributed by atoms with E-state index in [-0.39, 0.29) is 12.1 Å². The number of tetrazole rings is 1. The van der Waals surface area contributed by atoms with E-state index in [1.54, 1.807) is 6.92 Å². The first-order valence-corrected chi connectivity index (χ1v) is 8.35. The predicted octanol–water partition coefficient (Wildman–Crippen LogP) is 2.88. The van der Waals surface area contributed by atoms with E-state index in [2.05, 4.69) is 20.5 Å². The van der Waals surface area contributed by atoms with Gasteiger partial charge in [-0.1, -0.05) is 6.92 Å². The maximum Gasteiger partial charge on any atom is 0.414 e. The molecule has 0 radical (unpaired) electrons. The van der Waals surface area contributed by atoms with E-state index < -0.39 is 40.9 Å². The summed E-state index contributed by atoms with van der Waals surface area (Å²) in [5.74, 6) is -3.47. The quantitative estimate of drug-likeness (QED) is 0.637. The number of ether oxygens (including phenoxy) is 1. The lowest BCUT2D eigenvalue weighted by atomic mass is 10.0. The summed E-state index contributed by atoms with van der Waals surface area (Å²) in [6.07, 6.45) is 1.68. The van der Waals surface area contributed by atoms with Crippen LogP contribution in [-0.4, -0.2) is 43.9 Å². The highest BCUT2D eigenvalue weighted by Crippen LogP contribution is 2.35. The van der Waals surface area contributed by atoms with E-state index in [1.165, 1.54) is 29.3 Å². The molecular weight excluding hydrogens is 377 g/mol. The van der Waals surface area contributed by atoms with Crippen molar-refractivity contribution in [1.82, 2.24) is 25.2 Å². The first-order chi connectivity index (χ1) is 13.5. The van der Waals surface area contributed by atoms with E-state index in [9.17, 15) is 18.0 Å². The van der Waals surface area contributed by atoms with Crippen molar-refractivity contribution in [3.05, 3.63) is 48.2 Å². The molecule has 0 saturated carbocycles. The number of carbonyl (C=O) groups excluding carboxylic acids is 1. The highest BCUT2D eigenvalue weighted by Gasteiger charge is 2.35. The van der Waals surface area contributed by atoms with Gasteiger partial charge in [0.1, 0.15) is 18.2 Å². The lowest BCUT2D eigenvalue weighted by Crippen LogP contribution is -2.26. The van der Waals surface area contributed by atoms with Crippen molar-refractivity contribution in [2.45, 2.75) is 19.4 Å². The molecule has 1 aromatic carbocycles. The maximum atomic E-state index is 14.7. The summed E-state index contributed by atoms with van der Waals surface area (Å²) in [6.45, 7) is 1.81. The van der Waals surface area contributed by atoms with Gasteiger partial charge in [-0.3, -0.25) is 4.90 Å². The number of cyclic esters (lactones) is 1. The van der Waals surface area contributed by atoms with Crippen LogP contribution in [0, 0.1) is 17.5 Å². The SMILES string of the molecule is CC[C@H]1CN(c2cc(F)c(-c3ccc(-n4cnnn4)nc3)c(F)c2F)C(=O)O1. The number of anilines is 1. The molecule has 4 rings (SSSR count). The molecule has 1 saturated heterocycles. The van der Waals surface area contributed by atoms with Gasteiger partial charge in [0.2, 0.25) is 0 Å². The number of pyridine rings is 1. The van der Waals surface area contributed by atoms with Gasteiger partial charge in [0.25, 0.3) is 0 Å². The van der Waals surface area contributed by atoms with Crippen molar-refractivity contribution in [2.75, 3.05) is 11.4 Å². The van der Waals surface area contributed by atoms with E-state index in [0.29, 0.717) is 12.2 Å². The molecule has 0 unspecified atom stereocenters. The minimum atomic E-state index is -1.42. The third-order valence-corrected chi connectivity index (χ3v) is 4.38.